The number of halogens is 1. The molecule has 1 aliphatic heterocycles. The molecule has 8 heteroatoms. The zero-order valence-corrected chi connectivity index (χ0v) is 11.2. The summed E-state index contributed by atoms with van der Waals surface area (Å²) in [5, 5.41) is -0.159. The Kier molecular flexibility index (Phi) is 3.76. The highest BCUT2D eigenvalue weighted by Crippen LogP contribution is 2.17. The number of H-pyrrole nitrogens is 1. The van der Waals surface area contributed by atoms with E-state index < -0.39 is 15.6 Å². The molecule has 0 aromatic carbocycles. The van der Waals surface area contributed by atoms with Gasteiger partial charge in [-0.05, 0) is 19.4 Å². The lowest BCUT2D eigenvalue weighted by Crippen LogP contribution is -2.39. The number of rotatable bonds is 3. The van der Waals surface area contributed by atoms with Crippen molar-refractivity contribution in [2.24, 2.45) is 0 Å². The molecule has 1 aromatic rings. The van der Waals surface area contributed by atoms with Crippen LogP contribution in [0.5, 0.6) is 0 Å². The summed E-state index contributed by atoms with van der Waals surface area (Å²) in [5.41, 5.74) is -0.520. The Morgan fingerprint density at radius 3 is 2.83 bits per heavy atom. The van der Waals surface area contributed by atoms with Crippen LogP contribution in [0.3, 0.4) is 0 Å². The summed E-state index contributed by atoms with van der Waals surface area (Å²) in [5.74, 6) is 0. The Bertz CT molecular complexity index is 598. The maximum atomic E-state index is 12.0. The average Bonchev–Trinajstić information content (AvgIpc) is 2.67. The molecule has 1 fully saturated rings. The normalized spacial score (nSPS) is 24.3. The summed E-state index contributed by atoms with van der Waals surface area (Å²) < 4.78 is 31.9. The van der Waals surface area contributed by atoms with E-state index in [9.17, 15) is 13.2 Å². The van der Waals surface area contributed by atoms with Gasteiger partial charge in [0, 0.05) is 12.8 Å². The van der Waals surface area contributed by atoms with Gasteiger partial charge in [0.1, 0.15) is 5.02 Å². The molecule has 0 amide bonds. The molecule has 2 unspecified atom stereocenters. The lowest BCUT2D eigenvalue weighted by atomic mass is 10.2. The molecule has 0 bridgehead atoms. The number of hydrogen-bond donors (Lipinski definition) is 2. The molecule has 6 nitrogen and oxygen atoms in total. The molecular weight excluding hydrogens is 280 g/mol. The maximum Gasteiger partial charge on any atom is 0.266 e. The Morgan fingerprint density at radius 2 is 2.28 bits per heavy atom. The van der Waals surface area contributed by atoms with Gasteiger partial charge < -0.3 is 9.72 Å². The molecule has 0 radical (unpaired) electrons. The minimum atomic E-state index is -3.70. The van der Waals surface area contributed by atoms with E-state index in [2.05, 4.69) is 9.71 Å². The summed E-state index contributed by atoms with van der Waals surface area (Å²) in [6, 6.07) is 0.865. The van der Waals surface area contributed by atoms with Crippen molar-refractivity contribution in [3.8, 4) is 0 Å². The highest BCUT2D eigenvalue weighted by molar-refractivity contribution is 7.89. The van der Waals surface area contributed by atoms with Crippen molar-refractivity contribution >= 4 is 21.6 Å². The van der Waals surface area contributed by atoms with Gasteiger partial charge in [0.05, 0.1) is 17.0 Å². The first-order chi connectivity index (χ1) is 8.40. The maximum absolute atomic E-state index is 12.0. The van der Waals surface area contributed by atoms with Gasteiger partial charge in [0.25, 0.3) is 5.56 Å². The summed E-state index contributed by atoms with van der Waals surface area (Å²) in [6.07, 6.45) is 1.58. The number of nitrogens with one attached hydrogen (secondary N) is 2. The molecule has 2 N–H and O–H groups in total. The Hall–Kier alpha value is -0.890. The first-order valence-corrected chi connectivity index (χ1v) is 7.28. The molecule has 1 aromatic heterocycles. The second-order valence-corrected chi connectivity index (χ2v) is 6.23. The molecular formula is C10H13ClN2O4S. The van der Waals surface area contributed by atoms with Crippen molar-refractivity contribution in [3.05, 3.63) is 27.6 Å². The van der Waals surface area contributed by atoms with Gasteiger partial charge in [-0.1, -0.05) is 11.6 Å². The number of aromatic amines is 1. The van der Waals surface area contributed by atoms with E-state index in [4.69, 9.17) is 16.3 Å². The third kappa shape index (κ3) is 2.74. The monoisotopic (exact) mass is 292 g/mol. The zero-order valence-electron chi connectivity index (χ0n) is 9.64. The minimum Gasteiger partial charge on any atom is -0.377 e. The topological polar surface area (TPSA) is 88.3 Å². The predicted molar refractivity (Wildman–Crippen MR) is 66.2 cm³/mol. The van der Waals surface area contributed by atoms with Crippen molar-refractivity contribution in [3.63, 3.8) is 0 Å². The fourth-order valence-electron chi connectivity index (χ4n) is 1.75. The molecule has 1 aliphatic rings. The van der Waals surface area contributed by atoms with E-state index in [-0.39, 0.29) is 22.1 Å². The predicted octanol–water partition coefficient (Wildman–Crippen LogP) is 0.484. The van der Waals surface area contributed by atoms with Crippen molar-refractivity contribution in [2.45, 2.75) is 30.4 Å². The van der Waals surface area contributed by atoms with Crippen LogP contribution in [0.1, 0.15) is 13.3 Å². The molecule has 0 aliphatic carbocycles. The van der Waals surface area contributed by atoms with Gasteiger partial charge in [-0.15, -0.1) is 0 Å². The summed E-state index contributed by atoms with van der Waals surface area (Å²) >= 11 is 5.60. The van der Waals surface area contributed by atoms with Crippen LogP contribution < -0.4 is 10.3 Å². The van der Waals surface area contributed by atoms with Crippen molar-refractivity contribution in [1.82, 2.24) is 9.71 Å². The van der Waals surface area contributed by atoms with Crippen LogP contribution in [-0.2, 0) is 14.8 Å². The number of aromatic nitrogens is 1. The lowest BCUT2D eigenvalue weighted by molar-refractivity contribution is 0.117. The average molecular weight is 293 g/mol. The van der Waals surface area contributed by atoms with Gasteiger partial charge in [-0.2, -0.15) is 0 Å². The molecule has 1 saturated heterocycles. The van der Waals surface area contributed by atoms with Crippen LogP contribution in [0.15, 0.2) is 22.0 Å². The van der Waals surface area contributed by atoms with E-state index in [1.54, 1.807) is 6.92 Å². The Morgan fingerprint density at radius 1 is 1.56 bits per heavy atom. The molecule has 0 spiro atoms. The van der Waals surface area contributed by atoms with Crippen LogP contribution in [0, 0.1) is 0 Å². The second-order valence-electron chi connectivity index (χ2n) is 4.10. The Balaban J connectivity index is 2.25. The number of ether oxygens (including phenoxy) is 1. The van der Waals surface area contributed by atoms with Crippen molar-refractivity contribution in [1.29, 1.82) is 0 Å². The van der Waals surface area contributed by atoms with E-state index in [1.807, 2.05) is 0 Å². The van der Waals surface area contributed by atoms with Crippen molar-refractivity contribution < 1.29 is 13.2 Å². The van der Waals surface area contributed by atoms with Crippen LogP contribution in [0.4, 0.5) is 0 Å². The lowest BCUT2D eigenvalue weighted by Gasteiger charge is -2.16. The van der Waals surface area contributed by atoms with Gasteiger partial charge in [-0.25, -0.2) is 13.1 Å². The third-order valence-electron chi connectivity index (χ3n) is 2.82. The van der Waals surface area contributed by atoms with Gasteiger partial charge in [0.2, 0.25) is 10.0 Å². The fraction of sp³-hybridized carbons (Fsp3) is 0.500. The highest BCUT2D eigenvalue weighted by Gasteiger charge is 2.29. The first kappa shape index (κ1) is 13.5. The standard InChI is InChI=1S/C10H13ClN2O4S/c1-6-9(2-3-17-6)13-18(15,16)7-4-8(11)10(14)12-5-7/h4-6,9,13H,2-3H2,1H3,(H,12,14). The minimum absolute atomic E-state index is 0.0637. The highest BCUT2D eigenvalue weighted by atomic mass is 35.5. The van der Waals surface area contributed by atoms with E-state index in [0.717, 1.165) is 12.3 Å². The fourth-order valence-corrected chi connectivity index (χ4v) is 3.31. The molecule has 2 atom stereocenters. The summed E-state index contributed by atoms with van der Waals surface area (Å²) in [6.45, 7) is 2.33. The quantitative estimate of drug-likeness (QED) is 0.848. The van der Waals surface area contributed by atoms with Gasteiger partial charge >= 0.3 is 0 Å². The number of sulfonamides is 1. The smallest absolute Gasteiger partial charge is 0.266 e. The first-order valence-electron chi connectivity index (χ1n) is 5.42. The number of pyridine rings is 1. The third-order valence-corrected chi connectivity index (χ3v) is 4.57. The van der Waals surface area contributed by atoms with Crippen LogP contribution in [0.25, 0.3) is 0 Å². The van der Waals surface area contributed by atoms with Crippen LogP contribution >= 0.6 is 11.6 Å². The number of hydrogen-bond acceptors (Lipinski definition) is 4. The van der Waals surface area contributed by atoms with Crippen LogP contribution in [-0.4, -0.2) is 32.2 Å². The van der Waals surface area contributed by atoms with E-state index >= 15 is 0 Å². The molecule has 2 rings (SSSR count). The molecule has 0 saturated carbocycles. The Labute approximate surface area is 109 Å². The van der Waals surface area contributed by atoms with Gasteiger partial charge in [-0.3, -0.25) is 4.79 Å². The summed E-state index contributed by atoms with van der Waals surface area (Å²) in [4.78, 5) is 13.3. The van der Waals surface area contributed by atoms with Crippen LogP contribution in [0.2, 0.25) is 5.02 Å². The molecule has 2 heterocycles. The van der Waals surface area contributed by atoms with Gasteiger partial charge in [0.15, 0.2) is 0 Å². The largest absolute Gasteiger partial charge is 0.377 e. The SMILES string of the molecule is CC1OCCC1NS(=O)(=O)c1c[nH]c(=O)c(Cl)c1. The van der Waals surface area contributed by atoms with E-state index in [0.29, 0.717) is 13.0 Å². The molecule has 18 heavy (non-hydrogen) atoms. The van der Waals surface area contributed by atoms with Crippen molar-refractivity contribution in [2.75, 3.05) is 6.61 Å². The zero-order chi connectivity index (χ0) is 13.3. The van der Waals surface area contributed by atoms with E-state index in [1.165, 1.54) is 0 Å². The molecule has 100 valence electrons. The second kappa shape index (κ2) is 5.00. The summed E-state index contributed by atoms with van der Waals surface area (Å²) in [7, 11) is -3.70.